The van der Waals surface area contributed by atoms with Crippen molar-refractivity contribution in [3.05, 3.63) is 40.9 Å². The monoisotopic (exact) mass is 318 g/mol. The lowest BCUT2D eigenvalue weighted by molar-refractivity contribution is -0.0356. The molecule has 0 radical (unpaired) electrons. The predicted molar refractivity (Wildman–Crippen MR) is 78.1 cm³/mol. The first-order valence-electron chi connectivity index (χ1n) is 6.98. The molecule has 0 amide bonds. The first-order chi connectivity index (χ1) is 10.9. The van der Waals surface area contributed by atoms with Crippen molar-refractivity contribution in [2.75, 3.05) is 19.7 Å². The molecule has 7 nitrogen and oxygen atoms in total. The minimum absolute atomic E-state index is 0.0150. The van der Waals surface area contributed by atoms with Gasteiger partial charge in [0.2, 0.25) is 11.7 Å². The van der Waals surface area contributed by atoms with Gasteiger partial charge in [0.15, 0.2) is 5.76 Å². The number of furan rings is 1. The van der Waals surface area contributed by atoms with E-state index in [2.05, 4.69) is 20.0 Å². The second-order valence-corrected chi connectivity index (χ2v) is 5.88. The number of nitrogens with zero attached hydrogens (tertiary/aromatic N) is 4. The molecule has 3 aromatic heterocycles. The molecule has 0 spiro atoms. The summed E-state index contributed by atoms with van der Waals surface area (Å²) in [4.78, 5) is 10.9. The van der Waals surface area contributed by atoms with E-state index >= 15 is 0 Å². The first-order valence-corrected chi connectivity index (χ1v) is 7.86. The van der Waals surface area contributed by atoms with Crippen LogP contribution >= 0.6 is 11.3 Å². The molecule has 4 rings (SSSR count). The van der Waals surface area contributed by atoms with Crippen LogP contribution in [0.4, 0.5) is 0 Å². The van der Waals surface area contributed by atoms with Crippen LogP contribution in [-0.4, -0.2) is 39.7 Å². The highest BCUT2D eigenvalue weighted by Crippen LogP contribution is 2.25. The summed E-state index contributed by atoms with van der Waals surface area (Å²) in [6.07, 6.45) is 3.41. The van der Waals surface area contributed by atoms with E-state index in [1.54, 1.807) is 29.9 Å². The molecule has 0 aliphatic carbocycles. The molecule has 22 heavy (non-hydrogen) atoms. The highest BCUT2D eigenvalue weighted by Gasteiger charge is 2.25. The van der Waals surface area contributed by atoms with Crippen molar-refractivity contribution in [2.45, 2.75) is 12.6 Å². The highest BCUT2D eigenvalue weighted by atomic mass is 32.1. The molecule has 1 atom stereocenters. The largest absolute Gasteiger partial charge is 0.461 e. The molecule has 1 aliphatic heterocycles. The topological polar surface area (TPSA) is 77.4 Å². The molecule has 4 heterocycles. The normalized spacial score (nSPS) is 19.5. The SMILES string of the molecule is c1coc(-c2noc(CN3CCOC(c4nccs4)C3)n2)c1. The molecule has 1 unspecified atom stereocenters. The zero-order chi connectivity index (χ0) is 14.8. The van der Waals surface area contributed by atoms with Gasteiger partial charge in [0.25, 0.3) is 0 Å². The van der Waals surface area contributed by atoms with Crippen molar-refractivity contribution in [1.82, 2.24) is 20.0 Å². The third kappa shape index (κ3) is 2.80. The lowest BCUT2D eigenvalue weighted by Gasteiger charge is -2.30. The Hall–Kier alpha value is -2.03. The van der Waals surface area contributed by atoms with Crippen molar-refractivity contribution >= 4 is 11.3 Å². The van der Waals surface area contributed by atoms with Gasteiger partial charge < -0.3 is 13.7 Å². The Kier molecular flexibility index (Phi) is 3.71. The summed E-state index contributed by atoms with van der Waals surface area (Å²) in [5.74, 6) is 1.66. The summed E-state index contributed by atoms with van der Waals surface area (Å²) >= 11 is 1.61. The average Bonchev–Trinajstić information content (AvgIpc) is 3.29. The van der Waals surface area contributed by atoms with Crippen molar-refractivity contribution in [3.63, 3.8) is 0 Å². The molecule has 0 bridgehead atoms. The Balaban J connectivity index is 1.43. The fourth-order valence-electron chi connectivity index (χ4n) is 2.41. The average molecular weight is 318 g/mol. The van der Waals surface area contributed by atoms with E-state index < -0.39 is 0 Å². The van der Waals surface area contributed by atoms with Gasteiger partial charge >= 0.3 is 0 Å². The van der Waals surface area contributed by atoms with E-state index in [9.17, 15) is 0 Å². The van der Waals surface area contributed by atoms with E-state index in [1.807, 2.05) is 11.4 Å². The molecule has 114 valence electrons. The van der Waals surface area contributed by atoms with Crippen molar-refractivity contribution in [2.24, 2.45) is 0 Å². The molecule has 0 aromatic carbocycles. The van der Waals surface area contributed by atoms with Crippen LogP contribution in [-0.2, 0) is 11.3 Å². The number of rotatable bonds is 4. The molecule has 3 aromatic rings. The minimum atomic E-state index is 0.0150. The molecule has 8 heteroatoms. The van der Waals surface area contributed by atoms with Gasteiger partial charge in [0.05, 0.1) is 19.4 Å². The maximum atomic E-state index is 5.78. The zero-order valence-electron chi connectivity index (χ0n) is 11.7. The molecule has 1 fully saturated rings. The molecular weight excluding hydrogens is 304 g/mol. The van der Waals surface area contributed by atoms with Crippen LogP contribution in [0.1, 0.15) is 17.0 Å². The Labute approximate surface area is 130 Å². The van der Waals surface area contributed by atoms with E-state index in [-0.39, 0.29) is 6.10 Å². The quantitative estimate of drug-likeness (QED) is 0.730. The van der Waals surface area contributed by atoms with E-state index in [0.29, 0.717) is 30.6 Å². The lowest BCUT2D eigenvalue weighted by atomic mass is 10.3. The van der Waals surface area contributed by atoms with Crippen LogP contribution < -0.4 is 0 Å². The van der Waals surface area contributed by atoms with Gasteiger partial charge in [0.1, 0.15) is 11.1 Å². The Morgan fingerprint density at radius 3 is 3.23 bits per heavy atom. The predicted octanol–water partition coefficient (Wildman–Crippen LogP) is 2.36. The Morgan fingerprint density at radius 1 is 1.41 bits per heavy atom. The second kappa shape index (κ2) is 5.99. The van der Waals surface area contributed by atoms with Crippen molar-refractivity contribution in [3.8, 4) is 11.6 Å². The summed E-state index contributed by atoms with van der Waals surface area (Å²) in [6.45, 7) is 2.87. The summed E-state index contributed by atoms with van der Waals surface area (Å²) in [6, 6.07) is 3.60. The molecule has 0 N–H and O–H groups in total. The van der Waals surface area contributed by atoms with Crippen LogP contribution in [0.15, 0.2) is 38.9 Å². The third-order valence-corrected chi connectivity index (χ3v) is 4.31. The first kappa shape index (κ1) is 13.6. The number of hydrogen-bond acceptors (Lipinski definition) is 8. The van der Waals surface area contributed by atoms with Gasteiger partial charge in [-0.15, -0.1) is 11.3 Å². The van der Waals surface area contributed by atoms with Gasteiger partial charge in [-0.25, -0.2) is 4.98 Å². The maximum Gasteiger partial charge on any atom is 0.241 e. The number of ether oxygens (including phenoxy) is 1. The Bertz CT molecular complexity index is 710. The fourth-order valence-corrected chi connectivity index (χ4v) is 3.08. The van der Waals surface area contributed by atoms with Crippen LogP contribution in [0.5, 0.6) is 0 Å². The minimum Gasteiger partial charge on any atom is -0.461 e. The fraction of sp³-hybridized carbons (Fsp3) is 0.357. The van der Waals surface area contributed by atoms with E-state index in [4.69, 9.17) is 13.7 Å². The maximum absolute atomic E-state index is 5.78. The van der Waals surface area contributed by atoms with Crippen molar-refractivity contribution in [1.29, 1.82) is 0 Å². The number of thiazole rings is 1. The number of aromatic nitrogens is 3. The van der Waals surface area contributed by atoms with E-state index in [0.717, 1.165) is 18.1 Å². The lowest BCUT2D eigenvalue weighted by Crippen LogP contribution is -2.37. The Morgan fingerprint density at radius 2 is 2.41 bits per heavy atom. The van der Waals surface area contributed by atoms with Crippen LogP contribution in [0.3, 0.4) is 0 Å². The zero-order valence-corrected chi connectivity index (χ0v) is 12.5. The molecular formula is C14H14N4O3S. The van der Waals surface area contributed by atoms with Crippen LogP contribution in [0, 0.1) is 0 Å². The number of hydrogen-bond donors (Lipinski definition) is 0. The summed E-state index contributed by atoms with van der Waals surface area (Å²) < 4.78 is 16.3. The van der Waals surface area contributed by atoms with Crippen LogP contribution in [0.2, 0.25) is 0 Å². The summed E-state index contributed by atoms with van der Waals surface area (Å²) in [5, 5.41) is 6.91. The van der Waals surface area contributed by atoms with Gasteiger partial charge in [-0.3, -0.25) is 4.90 Å². The molecule has 1 aliphatic rings. The van der Waals surface area contributed by atoms with Crippen molar-refractivity contribution < 1.29 is 13.7 Å². The standard InChI is InChI=1S/C14H14N4O3S/c1-2-10(19-5-1)13-16-12(21-17-13)9-18-4-6-20-11(8-18)14-15-3-7-22-14/h1-3,5,7,11H,4,6,8-9H2. The van der Waals surface area contributed by atoms with Gasteiger partial charge in [-0.2, -0.15) is 4.98 Å². The van der Waals surface area contributed by atoms with Gasteiger partial charge in [-0.1, -0.05) is 5.16 Å². The molecule has 1 saturated heterocycles. The summed E-state index contributed by atoms with van der Waals surface area (Å²) in [7, 11) is 0. The van der Waals surface area contributed by atoms with E-state index in [1.165, 1.54) is 0 Å². The smallest absolute Gasteiger partial charge is 0.241 e. The molecule has 0 saturated carbocycles. The van der Waals surface area contributed by atoms with Crippen LogP contribution in [0.25, 0.3) is 11.6 Å². The van der Waals surface area contributed by atoms with Gasteiger partial charge in [0, 0.05) is 24.7 Å². The highest BCUT2D eigenvalue weighted by molar-refractivity contribution is 7.09. The number of morpholine rings is 1. The summed E-state index contributed by atoms with van der Waals surface area (Å²) in [5.41, 5.74) is 0. The third-order valence-electron chi connectivity index (χ3n) is 3.45. The van der Waals surface area contributed by atoms with Gasteiger partial charge in [-0.05, 0) is 12.1 Å². The second-order valence-electron chi connectivity index (χ2n) is 4.95.